The Morgan fingerprint density at radius 3 is 2.44 bits per heavy atom. The Morgan fingerprint density at radius 1 is 1.22 bits per heavy atom. The molecule has 0 saturated heterocycles. The van der Waals surface area contributed by atoms with Gasteiger partial charge in [-0.3, -0.25) is 0 Å². The molecule has 2 rings (SSSR count). The van der Waals surface area contributed by atoms with E-state index in [0.717, 1.165) is 27.1 Å². The Morgan fingerprint density at radius 2 is 1.94 bits per heavy atom. The molecule has 0 radical (unpaired) electrons. The van der Waals surface area contributed by atoms with E-state index in [9.17, 15) is 0 Å². The van der Waals surface area contributed by atoms with E-state index in [0.29, 0.717) is 11.0 Å². The molecule has 0 aromatic carbocycles. The Kier molecular flexibility index (Phi) is 3.94. The van der Waals surface area contributed by atoms with Crippen molar-refractivity contribution in [3.8, 4) is 9.88 Å². The van der Waals surface area contributed by atoms with Crippen LogP contribution in [0.25, 0.3) is 9.88 Å². The fourth-order valence-corrected chi connectivity index (χ4v) is 3.61. The summed E-state index contributed by atoms with van der Waals surface area (Å²) in [5, 5.41) is 10.5. The molecule has 0 bridgehead atoms. The molecule has 0 unspecified atom stereocenters. The van der Waals surface area contributed by atoms with Crippen LogP contribution in [-0.4, -0.2) is 34.2 Å². The van der Waals surface area contributed by atoms with E-state index in [-0.39, 0.29) is 0 Å². The highest BCUT2D eigenvalue weighted by molar-refractivity contribution is 7.23. The molecule has 0 aliphatic carbocycles. The highest BCUT2D eigenvalue weighted by atomic mass is 32.1. The minimum atomic E-state index is 0.372. The minimum absolute atomic E-state index is 0.372. The van der Waals surface area contributed by atoms with Crippen LogP contribution in [0.5, 0.6) is 0 Å². The zero-order chi connectivity index (χ0) is 13.3. The molecule has 0 aliphatic rings. The summed E-state index contributed by atoms with van der Waals surface area (Å²) in [5.41, 5.74) is 6.74. The summed E-state index contributed by atoms with van der Waals surface area (Å²) in [6.45, 7) is 5.13. The average Bonchev–Trinajstić information content (AvgIpc) is 2.83. The van der Waals surface area contributed by atoms with Crippen LogP contribution < -0.4 is 5.73 Å². The Bertz CT molecular complexity index is 529. The number of nitrogens with two attached hydrogens (primary N) is 1. The second-order valence-electron chi connectivity index (χ2n) is 4.66. The smallest absolute Gasteiger partial charge is 0.203 e. The highest BCUT2D eigenvalue weighted by Gasteiger charge is 2.19. The number of hydrogen-bond donors (Lipinski definition) is 1. The molecule has 2 aromatic rings. The van der Waals surface area contributed by atoms with Crippen molar-refractivity contribution >= 4 is 27.8 Å². The largest absolute Gasteiger partial charge is 0.374 e. The normalized spacial score (nSPS) is 11.7. The molecular formula is C11H17N5S2. The second kappa shape index (κ2) is 5.29. The van der Waals surface area contributed by atoms with Crippen molar-refractivity contribution in [1.29, 1.82) is 0 Å². The van der Waals surface area contributed by atoms with Crippen LogP contribution in [0.4, 0.5) is 5.13 Å². The number of thiazole rings is 1. The van der Waals surface area contributed by atoms with Gasteiger partial charge in [0.1, 0.15) is 5.01 Å². The van der Waals surface area contributed by atoms with Crippen molar-refractivity contribution < 1.29 is 0 Å². The first-order valence-electron chi connectivity index (χ1n) is 5.71. The maximum atomic E-state index is 5.65. The van der Waals surface area contributed by atoms with Crippen LogP contribution in [0.1, 0.15) is 30.5 Å². The van der Waals surface area contributed by atoms with Gasteiger partial charge in [0, 0.05) is 6.54 Å². The van der Waals surface area contributed by atoms with Gasteiger partial charge in [-0.1, -0.05) is 25.2 Å². The van der Waals surface area contributed by atoms with Crippen LogP contribution in [0.3, 0.4) is 0 Å². The molecule has 0 atom stereocenters. The lowest BCUT2D eigenvalue weighted by Crippen LogP contribution is -2.10. The lowest BCUT2D eigenvalue weighted by atomic mass is 10.1. The summed E-state index contributed by atoms with van der Waals surface area (Å²) in [4.78, 5) is 7.93. The number of aromatic nitrogens is 3. The van der Waals surface area contributed by atoms with E-state index in [4.69, 9.17) is 10.7 Å². The van der Waals surface area contributed by atoms with Gasteiger partial charge >= 0.3 is 0 Å². The van der Waals surface area contributed by atoms with Crippen LogP contribution in [0.2, 0.25) is 0 Å². The summed E-state index contributed by atoms with van der Waals surface area (Å²) >= 11 is 3.10. The van der Waals surface area contributed by atoms with Crippen molar-refractivity contribution in [2.75, 3.05) is 19.8 Å². The quantitative estimate of drug-likeness (QED) is 0.933. The molecular weight excluding hydrogens is 266 g/mol. The van der Waals surface area contributed by atoms with Crippen LogP contribution in [-0.2, 0) is 6.54 Å². The van der Waals surface area contributed by atoms with Gasteiger partial charge in [0.05, 0.1) is 10.6 Å². The molecule has 0 fully saturated rings. The Labute approximate surface area is 115 Å². The topological polar surface area (TPSA) is 67.9 Å². The number of rotatable bonds is 4. The molecule has 0 amide bonds. The molecule has 0 aliphatic heterocycles. The lowest BCUT2D eigenvalue weighted by molar-refractivity contribution is 0.401. The van der Waals surface area contributed by atoms with E-state index in [1.165, 1.54) is 11.3 Å². The summed E-state index contributed by atoms with van der Waals surface area (Å²) in [6, 6.07) is 0. The number of nitrogens with zero attached hydrogens (tertiary/aromatic N) is 4. The SMILES string of the molecule is CC(C)c1nc(CN(C)C)sc1-c1nnc(N)s1. The summed E-state index contributed by atoms with van der Waals surface area (Å²) < 4.78 is 0. The first kappa shape index (κ1) is 13.4. The predicted octanol–water partition coefficient (Wildman–Crippen LogP) is 2.43. The molecule has 0 saturated carbocycles. The van der Waals surface area contributed by atoms with Crippen LogP contribution >= 0.6 is 22.7 Å². The first-order valence-corrected chi connectivity index (χ1v) is 7.34. The molecule has 0 spiro atoms. The van der Waals surface area contributed by atoms with E-state index in [2.05, 4.69) is 28.9 Å². The van der Waals surface area contributed by atoms with Crippen molar-refractivity contribution in [3.63, 3.8) is 0 Å². The van der Waals surface area contributed by atoms with Crippen molar-refractivity contribution in [2.24, 2.45) is 0 Å². The third-order valence-corrected chi connectivity index (χ3v) is 4.29. The van der Waals surface area contributed by atoms with Crippen molar-refractivity contribution in [3.05, 3.63) is 10.7 Å². The highest BCUT2D eigenvalue weighted by Crippen LogP contribution is 2.36. The number of hydrogen-bond acceptors (Lipinski definition) is 7. The van der Waals surface area contributed by atoms with Gasteiger partial charge < -0.3 is 10.6 Å². The van der Waals surface area contributed by atoms with Gasteiger partial charge in [0.25, 0.3) is 0 Å². The van der Waals surface area contributed by atoms with Gasteiger partial charge in [0.15, 0.2) is 5.01 Å². The number of nitrogen functional groups attached to an aromatic ring is 1. The van der Waals surface area contributed by atoms with Gasteiger partial charge in [-0.2, -0.15) is 0 Å². The maximum absolute atomic E-state index is 5.65. The van der Waals surface area contributed by atoms with E-state index in [1.54, 1.807) is 11.3 Å². The van der Waals surface area contributed by atoms with Crippen LogP contribution in [0.15, 0.2) is 0 Å². The Balaban J connectivity index is 2.41. The van der Waals surface area contributed by atoms with Gasteiger partial charge in [-0.05, 0) is 20.0 Å². The summed E-state index contributed by atoms with van der Waals surface area (Å²) in [5.74, 6) is 0.372. The molecule has 2 N–H and O–H groups in total. The lowest BCUT2D eigenvalue weighted by Gasteiger charge is -2.05. The van der Waals surface area contributed by atoms with E-state index in [1.807, 2.05) is 14.1 Å². The molecule has 5 nitrogen and oxygen atoms in total. The van der Waals surface area contributed by atoms with Crippen LogP contribution in [0, 0.1) is 0 Å². The summed E-state index contributed by atoms with van der Waals surface area (Å²) in [6.07, 6.45) is 0. The average molecular weight is 283 g/mol. The van der Waals surface area contributed by atoms with E-state index >= 15 is 0 Å². The van der Waals surface area contributed by atoms with Gasteiger partial charge in [0.2, 0.25) is 5.13 Å². The van der Waals surface area contributed by atoms with E-state index < -0.39 is 0 Å². The minimum Gasteiger partial charge on any atom is -0.374 e. The molecule has 2 aromatic heterocycles. The van der Waals surface area contributed by atoms with Crippen molar-refractivity contribution in [1.82, 2.24) is 20.1 Å². The fourth-order valence-electron chi connectivity index (χ4n) is 1.59. The monoisotopic (exact) mass is 283 g/mol. The third kappa shape index (κ3) is 2.85. The second-order valence-corrected chi connectivity index (χ2v) is 6.75. The summed E-state index contributed by atoms with van der Waals surface area (Å²) in [7, 11) is 4.08. The van der Waals surface area contributed by atoms with Gasteiger partial charge in [-0.15, -0.1) is 21.5 Å². The maximum Gasteiger partial charge on any atom is 0.203 e. The third-order valence-electron chi connectivity index (χ3n) is 2.33. The van der Waals surface area contributed by atoms with Gasteiger partial charge in [-0.25, -0.2) is 4.98 Å². The standard InChI is InChI=1S/C11H17N5S2/c1-6(2)8-9(10-14-15-11(12)18-10)17-7(13-8)5-16(3)4/h6H,5H2,1-4H3,(H2,12,15). The van der Waals surface area contributed by atoms with Crippen molar-refractivity contribution in [2.45, 2.75) is 26.3 Å². The molecule has 7 heteroatoms. The number of anilines is 1. The fraction of sp³-hybridized carbons (Fsp3) is 0.545. The molecule has 18 heavy (non-hydrogen) atoms. The zero-order valence-corrected chi connectivity index (χ0v) is 12.6. The zero-order valence-electron chi connectivity index (χ0n) is 11.0. The Hall–Kier alpha value is -1.05. The first-order chi connectivity index (χ1) is 8.47. The molecule has 98 valence electrons. The predicted molar refractivity (Wildman–Crippen MR) is 76.9 cm³/mol. The molecule has 2 heterocycles.